The van der Waals surface area contributed by atoms with Crippen molar-refractivity contribution in [3.8, 4) is 5.69 Å². The van der Waals surface area contributed by atoms with Crippen molar-refractivity contribution in [2.45, 2.75) is 25.8 Å². The van der Waals surface area contributed by atoms with Crippen molar-refractivity contribution in [3.63, 3.8) is 0 Å². The number of benzene rings is 1. The molecule has 2 aliphatic rings. The Balaban J connectivity index is 1.69. The number of aromatic nitrogens is 2. The molecule has 2 N–H and O–H groups in total. The highest BCUT2D eigenvalue weighted by molar-refractivity contribution is 5.92. The highest BCUT2D eigenvalue weighted by Gasteiger charge is 2.43. The lowest BCUT2D eigenvalue weighted by Crippen LogP contribution is -2.37. The largest absolute Gasteiger partial charge is 0.336 e. The van der Waals surface area contributed by atoms with E-state index in [1.807, 2.05) is 0 Å². The molecule has 1 aromatic carbocycles. The molecule has 6 nitrogen and oxygen atoms in total. The number of hydrogen-bond acceptors (Lipinski definition) is 4. The van der Waals surface area contributed by atoms with Crippen molar-refractivity contribution in [2.75, 3.05) is 13.1 Å². The van der Waals surface area contributed by atoms with Crippen molar-refractivity contribution in [3.05, 3.63) is 57.8 Å². The lowest BCUT2D eigenvalue weighted by molar-refractivity contribution is 0.0770. The fourth-order valence-corrected chi connectivity index (χ4v) is 4.19. The summed E-state index contributed by atoms with van der Waals surface area (Å²) >= 11 is 0. The Hall–Kier alpha value is -2.54. The molecule has 2 heterocycles. The Morgan fingerprint density at radius 2 is 2.04 bits per heavy atom. The first-order valence-electron chi connectivity index (χ1n) is 8.86. The minimum absolute atomic E-state index is 0.110. The lowest BCUT2D eigenvalue weighted by Gasteiger charge is -2.19. The molecule has 2 fully saturated rings. The number of halogens is 1. The standard InChI is InChI=1S/C19H21FN4O2/c1-11-8-17(25)18(22-24(11)16-5-3-2-4-14(16)20)19(26)23-9-12-6-7-15(21)13(12)10-23/h2-5,8,12-13,15H,6-7,9-10,21H2,1H3. The second-order valence-electron chi connectivity index (χ2n) is 7.24. The van der Waals surface area contributed by atoms with Crippen LogP contribution in [0.2, 0.25) is 0 Å². The molecule has 0 bridgehead atoms. The lowest BCUT2D eigenvalue weighted by atomic mass is 9.98. The number of carbonyl (C=O) groups is 1. The minimum atomic E-state index is -0.466. The van der Waals surface area contributed by atoms with E-state index in [1.165, 1.54) is 16.8 Å². The number of carbonyl (C=O) groups excluding carboxylic acids is 1. The van der Waals surface area contributed by atoms with Gasteiger partial charge in [0.05, 0.1) is 0 Å². The predicted octanol–water partition coefficient (Wildman–Crippen LogP) is 1.49. The number of fused-ring (bicyclic) bond motifs is 1. The van der Waals surface area contributed by atoms with Crippen LogP contribution in [-0.4, -0.2) is 39.7 Å². The third-order valence-electron chi connectivity index (χ3n) is 5.59. The van der Waals surface area contributed by atoms with E-state index in [-0.39, 0.29) is 23.3 Å². The zero-order chi connectivity index (χ0) is 18.4. The van der Waals surface area contributed by atoms with Gasteiger partial charge in [-0.25, -0.2) is 9.07 Å². The molecule has 0 spiro atoms. The number of hydrogen-bond donors (Lipinski definition) is 1. The van der Waals surface area contributed by atoms with Crippen LogP contribution in [0.1, 0.15) is 29.0 Å². The van der Waals surface area contributed by atoms with Gasteiger partial charge in [0.1, 0.15) is 11.5 Å². The Morgan fingerprint density at radius 3 is 2.77 bits per heavy atom. The number of nitrogens with zero attached hydrogens (tertiary/aromatic N) is 3. The molecule has 4 rings (SSSR count). The smallest absolute Gasteiger partial charge is 0.278 e. The highest BCUT2D eigenvalue weighted by atomic mass is 19.1. The molecule has 1 amide bonds. The van der Waals surface area contributed by atoms with Crippen LogP contribution in [0.4, 0.5) is 4.39 Å². The fourth-order valence-electron chi connectivity index (χ4n) is 4.19. The van der Waals surface area contributed by atoms with Gasteiger partial charge in [-0.15, -0.1) is 0 Å². The first-order chi connectivity index (χ1) is 12.5. The first kappa shape index (κ1) is 16.9. The number of rotatable bonds is 2. The van der Waals surface area contributed by atoms with Gasteiger partial charge in [0, 0.05) is 30.9 Å². The molecule has 0 radical (unpaired) electrons. The topological polar surface area (TPSA) is 81.2 Å². The van der Waals surface area contributed by atoms with Crippen LogP contribution in [-0.2, 0) is 0 Å². The summed E-state index contributed by atoms with van der Waals surface area (Å²) in [6, 6.07) is 7.58. The van der Waals surface area contributed by atoms with E-state index < -0.39 is 17.2 Å². The summed E-state index contributed by atoms with van der Waals surface area (Å²) in [4.78, 5) is 26.9. The van der Waals surface area contributed by atoms with Gasteiger partial charge < -0.3 is 10.6 Å². The van der Waals surface area contributed by atoms with Gasteiger partial charge in [0.15, 0.2) is 5.69 Å². The van der Waals surface area contributed by atoms with E-state index in [1.54, 1.807) is 30.0 Å². The Bertz CT molecular complexity index is 926. The normalized spacial score (nSPS) is 24.7. The molecule has 1 saturated carbocycles. The van der Waals surface area contributed by atoms with Crippen molar-refractivity contribution < 1.29 is 9.18 Å². The van der Waals surface area contributed by atoms with Gasteiger partial charge in [0.25, 0.3) is 5.91 Å². The van der Waals surface area contributed by atoms with Crippen molar-refractivity contribution >= 4 is 5.91 Å². The number of para-hydroxylation sites is 1. The van der Waals surface area contributed by atoms with Crippen molar-refractivity contribution in [2.24, 2.45) is 17.6 Å². The summed E-state index contributed by atoms with van der Waals surface area (Å²) in [6.07, 6.45) is 2.00. The molecule has 3 unspecified atom stereocenters. The highest BCUT2D eigenvalue weighted by Crippen LogP contribution is 2.37. The number of amides is 1. The van der Waals surface area contributed by atoms with Crippen molar-refractivity contribution in [1.82, 2.24) is 14.7 Å². The molecule has 2 aromatic rings. The van der Waals surface area contributed by atoms with Gasteiger partial charge in [-0.3, -0.25) is 9.59 Å². The van der Waals surface area contributed by atoms with Gasteiger partial charge >= 0.3 is 0 Å². The Labute approximate surface area is 150 Å². The second-order valence-corrected chi connectivity index (χ2v) is 7.24. The SMILES string of the molecule is Cc1cc(=O)c(C(=O)N2CC3CCC(N)C3C2)nn1-c1ccccc1F. The van der Waals surface area contributed by atoms with Crippen LogP contribution >= 0.6 is 0 Å². The van der Waals surface area contributed by atoms with E-state index in [4.69, 9.17) is 5.73 Å². The van der Waals surface area contributed by atoms with Gasteiger partial charge in [-0.1, -0.05) is 12.1 Å². The van der Waals surface area contributed by atoms with E-state index >= 15 is 0 Å². The monoisotopic (exact) mass is 356 g/mol. The summed E-state index contributed by atoms with van der Waals surface area (Å²) in [5.74, 6) is -0.181. The zero-order valence-corrected chi connectivity index (χ0v) is 14.6. The van der Waals surface area contributed by atoms with Crippen LogP contribution < -0.4 is 11.2 Å². The summed E-state index contributed by atoms with van der Waals surface area (Å²) in [6.45, 7) is 2.82. The molecule has 1 saturated heterocycles. The molecular formula is C19H21FN4O2. The maximum atomic E-state index is 14.1. The number of nitrogens with two attached hydrogens (primary N) is 1. The second kappa shape index (κ2) is 6.32. The Morgan fingerprint density at radius 1 is 1.27 bits per heavy atom. The van der Waals surface area contributed by atoms with E-state index in [0.717, 1.165) is 12.8 Å². The first-order valence-corrected chi connectivity index (χ1v) is 8.86. The minimum Gasteiger partial charge on any atom is -0.336 e. The van der Waals surface area contributed by atoms with E-state index in [2.05, 4.69) is 5.10 Å². The summed E-state index contributed by atoms with van der Waals surface area (Å²) in [5, 5.41) is 4.20. The maximum Gasteiger partial charge on any atom is 0.278 e. The third kappa shape index (κ3) is 2.72. The number of likely N-dealkylation sites (tertiary alicyclic amines) is 1. The molecule has 1 aliphatic carbocycles. The summed E-state index contributed by atoms with van der Waals surface area (Å²) in [7, 11) is 0. The van der Waals surface area contributed by atoms with E-state index in [9.17, 15) is 14.0 Å². The molecule has 1 aliphatic heterocycles. The molecule has 1 aromatic heterocycles. The average Bonchev–Trinajstić information content (AvgIpc) is 3.18. The van der Waals surface area contributed by atoms with Crippen LogP contribution in [0, 0.1) is 24.6 Å². The fraction of sp³-hybridized carbons (Fsp3) is 0.421. The third-order valence-corrected chi connectivity index (χ3v) is 5.59. The molecular weight excluding hydrogens is 335 g/mol. The average molecular weight is 356 g/mol. The quantitative estimate of drug-likeness (QED) is 0.884. The van der Waals surface area contributed by atoms with E-state index in [0.29, 0.717) is 24.7 Å². The van der Waals surface area contributed by atoms with Crippen LogP contribution in [0.3, 0.4) is 0 Å². The number of aryl methyl sites for hydroxylation is 1. The van der Waals surface area contributed by atoms with Gasteiger partial charge in [-0.2, -0.15) is 5.10 Å². The molecule has 7 heteroatoms. The Kier molecular flexibility index (Phi) is 4.11. The van der Waals surface area contributed by atoms with Gasteiger partial charge in [0.2, 0.25) is 5.43 Å². The molecule has 136 valence electrons. The van der Waals surface area contributed by atoms with Crippen LogP contribution in [0.15, 0.2) is 35.1 Å². The summed E-state index contributed by atoms with van der Waals surface area (Å²) < 4.78 is 15.5. The van der Waals surface area contributed by atoms with Crippen molar-refractivity contribution in [1.29, 1.82) is 0 Å². The van der Waals surface area contributed by atoms with Gasteiger partial charge in [-0.05, 0) is 43.7 Å². The predicted molar refractivity (Wildman–Crippen MR) is 94.6 cm³/mol. The zero-order valence-electron chi connectivity index (χ0n) is 14.6. The van der Waals surface area contributed by atoms with Crippen LogP contribution in [0.5, 0.6) is 0 Å². The summed E-state index contributed by atoms with van der Waals surface area (Å²) in [5.41, 5.74) is 6.19. The van der Waals surface area contributed by atoms with Crippen LogP contribution in [0.25, 0.3) is 5.69 Å². The molecule has 3 atom stereocenters. The maximum absolute atomic E-state index is 14.1. The molecule has 26 heavy (non-hydrogen) atoms.